The van der Waals surface area contributed by atoms with Crippen molar-refractivity contribution < 1.29 is 30.3 Å². The van der Waals surface area contributed by atoms with E-state index in [4.69, 9.17) is 4.74 Å². The second kappa shape index (κ2) is 11.2. The van der Waals surface area contributed by atoms with Gasteiger partial charge in [0.25, 0.3) is 5.56 Å². The Morgan fingerprint density at radius 2 is 2.12 bits per heavy atom. The zero-order valence-corrected chi connectivity index (χ0v) is 18.1. The summed E-state index contributed by atoms with van der Waals surface area (Å²) in [6.07, 6.45) is 0.772. The number of anilines is 1. The Hall–Kier alpha value is -2.09. The van der Waals surface area contributed by atoms with Crippen LogP contribution in [0, 0.1) is 0 Å². The molecule has 3 heterocycles. The van der Waals surface area contributed by atoms with Crippen LogP contribution in [0.25, 0.3) is 11.2 Å². The number of aliphatic hydroxyl groups excluding tert-OH is 5. The average Bonchev–Trinajstić information content (AvgIpc) is 3.36. The molecule has 1 aliphatic heterocycles. The zero-order valence-electron chi connectivity index (χ0n) is 18.1. The first-order valence-corrected chi connectivity index (χ1v) is 11.0. The molecule has 6 atom stereocenters. The second-order valence-corrected chi connectivity index (χ2v) is 8.24. The van der Waals surface area contributed by atoms with Crippen LogP contribution in [0.5, 0.6) is 0 Å². The molecule has 0 spiro atoms. The maximum atomic E-state index is 12.6. The lowest BCUT2D eigenvalue weighted by atomic mass is 9.99. The normalized spacial score (nSPS) is 24.0. The molecule has 12 nitrogen and oxygen atoms in total. The minimum Gasteiger partial charge on any atom is -0.394 e. The monoisotopic (exact) mass is 455 g/mol. The SMILES string of the molecule is CCCCC[C@@H](O)[C@H](CC(O)CO)Nc1nc2c(ncn2[C@H]2C[C@H](O)[C@@H](CO)O2)c(=O)[nH]1. The number of nitrogens with zero attached hydrogens (tertiary/aromatic N) is 3. The fourth-order valence-electron chi connectivity index (χ4n) is 3.92. The third kappa shape index (κ3) is 5.63. The number of fused-ring (bicyclic) bond motifs is 1. The Morgan fingerprint density at radius 3 is 2.78 bits per heavy atom. The van der Waals surface area contributed by atoms with Crippen molar-refractivity contribution in [1.82, 2.24) is 19.5 Å². The summed E-state index contributed by atoms with van der Waals surface area (Å²) in [7, 11) is 0. The average molecular weight is 456 g/mol. The maximum Gasteiger partial charge on any atom is 0.280 e. The molecule has 1 fully saturated rings. The number of hydrogen-bond acceptors (Lipinski definition) is 10. The molecule has 1 aliphatic rings. The molecular weight excluding hydrogens is 422 g/mol. The summed E-state index contributed by atoms with van der Waals surface area (Å²) in [6, 6.07) is -0.658. The van der Waals surface area contributed by atoms with Gasteiger partial charge >= 0.3 is 0 Å². The lowest BCUT2D eigenvalue weighted by Crippen LogP contribution is -2.38. The third-order valence-electron chi connectivity index (χ3n) is 5.75. The van der Waals surface area contributed by atoms with Crippen molar-refractivity contribution in [1.29, 1.82) is 0 Å². The van der Waals surface area contributed by atoms with Gasteiger partial charge in [-0.05, 0) is 12.8 Å². The summed E-state index contributed by atoms with van der Waals surface area (Å²) in [4.78, 5) is 23.7. The second-order valence-electron chi connectivity index (χ2n) is 8.24. The van der Waals surface area contributed by atoms with E-state index in [0.29, 0.717) is 6.42 Å². The van der Waals surface area contributed by atoms with E-state index in [1.807, 2.05) is 0 Å². The van der Waals surface area contributed by atoms with Gasteiger partial charge in [-0.15, -0.1) is 0 Å². The third-order valence-corrected chi connectivity index (χ3v) is 5.75. The molecule has 1 saturated heterocycles. The van der Waals surface area contributed by atoms with Gasteiger partial charge in [-0.2, -0.15) is 4.98 Å². The van der Waals surface area contributed by atoms with Gasteiger partial charge in [0.15, 0.2) is 11.2 Å². The standard InChI is InChI=1S/C20H33N5O7/c1-2-3-4-5-13(29)12(6-11(28)8-26)22-20-23-18-17(19(31)24-20)21-10-25(18)16-7-14(30)15(9-27)32-16/h10-16,26-30H,2-9H2,1H3,(H2,22,23,24,31)/t11?,12-,13+,14-,15+,16+/m0/s1. The predicted octanol–water partition coefficient (Wildman–Crippen LogP) is -0.775. The van der Waals surface area contributed by atoms with Crippen LogP contribution in [0.15, 0.2) is 11.1 Å². The number of imidazole rings is 1. The Morgan fingerprint density at radius 1 is 1.34 bits per heavy atom. The van der Waals surface area contributed by atoms with E-state index >= 15 is 0 Å². The topological polar surface area (TPSA) is 186 Å². The molecule has 0 saturated carbocycles. The van der Waals surface area contributed by atoms with Crippen LogP contribution in [-0.4, -0.2) is 88.7 Å². The molecule has 32 heavy (non-hydrogen) atoms. The van der Waals surface area contributed by atoms with Crippen molar-refractivity contribution in [3.05, 3.63) is 16.7 Å². The Labute approximate surface area is 184 Å². The number of hydrogen-bond donors (Lipinski definition) is 7. The van der Waals surface area contributed by atoms with E-state index in [1.54, 1.807) is 0 Å². The van der Waals surface area contributed by atoms with Gasteiger partial charge in [-0.25, -0.2) is 4.98 Å². The molecular formula is C20H33N5O7. The first-order valence-electron chi connectivity index (χ1n) is 11.0. The van der Waals surface area contributed by atoms with Crippen molar-refractivity contribution >= 4 is 17.1 Å². The number of rotatable bonds is 12. The summed E-state index contributed by atoms with van der Waals surface area (Å²) in [5.74, 6) is 0.0752. The molecule has 180 valence electrons. The minimum atomic E-state index is -1.04. The van der Waals surface area contributed by atoms with Crippen LogP contribution in [0.4, 0.5) is 5.95 Å². The molecule has 2 aromatic heterocycles. The maximum absolute atomic E-state index is 12.6. The molecule has 0 aliphatic carbocycles. The van der Waals surface area contributed by atoms with Crippen molar-refractivity contribution in [2.45, 2.75) is 82.1 Å². The van der Waals surface area contributed by atoms with Gasteiger partial charge in [-0.3, -0.25) is 14.3 Å². The van der Waals surface area contributed by atoms with Crippen molar-refractivity contribution in [2.75, 3.05) is 18.5 Å². The van der Waals surface area contributed by atoms with Crippen LogP contribution < -0.4 is 10.9 Å². The van der Waals surface area contributed by atoms with E-state index < -0.39 is 48.9 Å². The highest BCUT2D eigenvalue weighted by molar-refractivity contribution is 5.71. The Kier molecular flexibility index (Phi) is 8.57. The fourth-order valence-corrected chi connectivity index (χ4v) is 3.92. The minimum absolute atomic E-state index is 0.0565. The number of H-pyrrole nitrogens is 1. The summed E-state index contributed by atoms with van der Waals surface area (Å²) in [5, 5.41) is 52.1. The highest BCUT2D eigenvalue weighted by Gasteiger charge is 2.35. The van der Waals surface area contributed by atoms with Crippen LogP contribution in [0.1, 0.15) is 51.7 Å². The highest BCUT2D eigenvalue weighted by Crippen LogP contribution is 2.30. The lowest BCUT2D eigenvalue weighted by Gasteiger charge is -2.26. The number of ether oxygens (including phenoxy) is 1. The number of nitrogens with one attached hydrogen (secondary N) is 2. The number of aromatic nitrogens is 4. The molecule has 12 heteroatoms. The van der Waals surface area contributed by atoms with E-state index in [0.717, 1.165) is 19.3 Å². The first-order chi connectivity index (χ1) is 15.4. The van der Waals surface area contributed by atoms with E-state index in [1.165, 1.54) is 10.9 Å². The van der Waals surface area contributed by atoms with Gasteiger partial charge in [-0.1, -0.05) is 26.2 Å². The Balaban J connectivity index is 1.85. The van der Waals surface area contributed by atoms with Crippen LogP contribution >= 0.6 is 0 Å². The lowest BCUT2D eigenvalue weighted by molar-refractivity contribution is -0.0432. The van der Waals surface area contributed by atoms with Gasteiger partial charge in [0, 0.05) is 6.42 Å². The fraction of sp³-hybridized carbons (Fsp3) is 0.750. The molecule has 0 bridgehead atoms. The highest BCUT2D eigenvalue weighted by atomic mass is 16.5. The summed E-state index contributed by atoms with van der Waals surface area (Å²) in [5.41, 5.74) is -0.207. The molecule has 1 unspecified atom stereocenters. The molecule has 7 N–H and O–H groups in total. The molecule has 0 aromatic carbocycles. The van der Waals surface area contributed by atoms with Crippen LogP contribution in [0.3, 0.4) is 0 Å². The smallest absolute Gasteiger partial charge is 0.280 e. The zero-order chi connectivity index (χ0) is 23.3. The number of unbranched alkanes of at least 4 members (excludes halogenated alkanes) is 2. The molecule has 0 amide bonds. The molecule has 2 aromatic rings. The largest absolute Gasteiger partial charge is 0.394 e. The van der Waals surface area contributed by atoms with Gasteiger partial charge in [0.05, 0.1) is 43.9 Å². The van der Waals surface area contributed by atoms with Crippen molar-refractivity contribution in [2.24, 2.45) is 0 Å². The van der Waals surface area contributed by atoms with Gasteiger partial charge in [0.1, 0.15) is 12.3 Å². The first kappa shape index (κ1) is 24.6. The van der Waals surface area contributed by atoms with Gasteiger partial charge in [0.2, 0.25) is 5.95 Å². The van der Waals surface area contributed by atoms with Crippen molar-refractivity contribution in [3.63, 3.8) is 0 Å². The summed E-state index contributed by atoms with van der Waals surface area (Å²) in [6.45, 7) is 1.26. The quantitative estimate of drug-likeness (QED) is 0.200. The van der Waals surface area contributed by atoms with Crippen LogP contribution in [-0.2, 0) is 4.74 Å². The van der Waals surface area contributed by atoms with Crippen LogP contribution in [0.2, 0.25) is 0 Å². The number of aromatic amines is 1. The predicted molar refractivity (Wildman–Crippen MR) is 115 cm³/mol. The summed E-state index contributed by atoms with van der Waals surface area (Å²) < 4.78 is 7.16. The summed E-state index contributed by atoms with van der Waals surface area (Å²) >= 11 is 0. The Bertz CT molecular complexity index is 919. The van der Waals surface area contributed by atoms with E-state index in [-0.39, 0.29) is 36.6 Å². The van der Waals surface area contributed by atoms with Crippen molar-refractivity contribution in [3.8, 4) is 0 Å². The number of aliphatic hydroxyl groups is 5. The van der Waals surface area contributed by atoms with E-state index in [9.17, 15) is 30.3 Å². The molecule has 3 rings (SSSR count). The van der Waals surface area contributed by atoms with E-state index in [2.05, 4.69) is 27.2 Å². The van der Waals surface area contributed by atoms with Gasteiger partial charge < -0.3 is 35.6 Å². The molecule has 0 radical (unpaired) electrons.